The largest absolute Gasteiger partial charge is 0.338 e. The number of amides is 3. The van der Waals surface area contributed by atoms with Crippen LogP contribution in [0, 0.1) is 0 Å². The number of aromatic nitrogens is 2. The van der Waals surface area contributed by atoms with E-state index in [9.17, 15) is 14.4 Å². The molecule has 9 heteroatoms. The molecular formula is C8H7ClN4O3S. The summed E-state index contributed by atoms with van der Waals surface area (Å²) in [5.74, 6) is -1.37. The fraction of sp³-hybridized carbons (Fsp3) is 0.375. The van der Waals surface area contributed by atoms with Gasteiger partial charge in [0.15, 0.2) is 0 Å². The zero-order chi connectivity index (χ0) is 12.4. The number of carbonyl (C=O) groups is 3. The summed E-state index contributed by atoms with van der Waals surface area (Å²) >= 11 is 6.45. The third-order valence-corrected chi connectivity index (χ3v) is 3.16. The maximum Gasteiger partial charge on any atom is 0.282 e. The average molecular weight is 275 g/mol. The molecule has 0 saturated carbocycles. The molecular weight excluding hydrogens is 268 g/mol. The molecule has 0 spiro atoms. The van der Waals surface area contributed by atoms with Gasteiger partial charge in [0, 0.05) is 6.42 Å². The van der Waals surface area contributed by atoms with Crippen molar-refractivity contribution in [2.75, 3.05) is 0 Å². The molecule has 0 radical (unpaired) electrons. The first-order valence-electron chi connectivity index (χ1n) is 4.70. The van der Waals surface area contributed by atoms with Gasteiger partial charge >= 0.3 is 0 Å². The van der Waals surface area contributed by atoms with E-state index in [0.29, 0.717) is 0 Å². The molecule has 2 N–H and O–H groups in total. The Kier molecular flexibility index (Phi) is 3.34. The average Bonchev–Trinajstić information content (AvgIpc) is 2.69. The lowest BCUT2D eigenvalue weighted by Crippen LogP contribution is -2.52. The minimum Gasteiger partial charge on any atom is -0.338 e. The van der Waals surface area contributed by atoms with Crippen LogP contribution in [-0.2, 0) is 9.59 Å². The van der Waals surface area contributed by atoms with Gasteiger partial charge in [0.2, 0.25) is 21.3 Å². The lowest BCUT2D eigenvalue weighted by atomic mass is 10.1. The Morgan fingerprint density at radius 1 is 1.47 bits per heavy atom. The Bertz CT molecular complexity index is 489. The van der Waals surface area contributed by atoms with Crippen molar-refractivity contribution in [2.24, 2.45) is 0 Å². The van der Waals surface area contributed by atoms with Crippen molar-refractivity contribution in [3.8, 4) is 0 Å². The summed E-state index contributed by atoms with van der Waals surface area (Å²) in [4.78, 5) is 33.9. The zero-order valence-electron chi connectivity index (χ0n) is 8.40. The Balaban J connectivity index is 1.99. The summed E-state index contributed by atoms with van der Waals surface area (Å²) in [5, 5.41) is 11.7. The molecule has 1 unspecified atom stereocenters. The van der Waals surface area contributed by atoms with E-state index < -0.39 is 17.9 Å². The highest BCUT2D eigenvalue weighted by Gasteiger charge is 2.28. The highest BCUT2D eigenvalue weighted by molar-refractivity contribution is 7.17. The van der Waals surface area contributed by atoms with E-state index in [-0.39, 0.29) is 28.2 Å². The van der Waals surface area contributed by atoms with Crippen LogP contribution in [-0.4, -0.2) is 34.0 Å². The van der Waals surface area contributed by atoms with Gasteiger partial charge in [-0.15, -0.1) is 10.2 Å². The first-order valence-corrected chi connectivity index (χ1v) is 5.89. The van der Waals surface area contributed by atoms with Crippen molar-refractivity contribution in [1.82, 2.24) is 20.8 Å². The van der Waals surface area contributed by atoms with Gasteiger partial charge in [-0.25, -0.2) is 0 Å². The number of rotatable bonds is 2. The zero-order valence-corrected chi connectivity index (χ0v) is 9.97. The molecule has 1 atom stereocenters. The number of carbonyl (C=O) groups excluding carboxylic acids is 3. The smallest absolute Gasteiger partial charge is 0.282 e. The lowest BCUT2D eigenvalue weighted by Gasteiger charge is -2.20. The van der Waals surface area contributed by atoms with Gasteiger partial charge in [0.05, 0.1) is 0 Å². The van der Waals surface area contributed by atoms with Crippen molar-refractivity contribution >= 4 is 40.7 Å². The predicted octanol–water partition coefficient (Wildman–Crippen LogP) is -0.273. The van der Waals surface area contributed by atoms with E-state index in [1.807, 2.05) is 0 Å². The number of nitrogens with zero attached hydrogens (tertiary/aromatic N) is 2. The molecule has 0 bridgehead atoms. The van der Waals surface area contributed by atoms with Crippen LogP contribution in [0.25, 0.3) is 0 Å². The number of imide groups is 1. The summed E-state index contributed by atoms with van der Waals surface area (Å²) < 4.78 is 0.151. The van der Waals surface area contributed by atoms with E-state index in [1.165, 1.54) is 0 Å². The molecule has 1 fully saturated rings. The van der Waals surface area contributed by atoms with Crippen molar-refractivity contribution in [3.63, 3.8) is 0 Å². The molecule has 7 nitrogen and oxygen atoms in total. The highest BCUT2D eigenvalue weighted by atomic mass is 35.5. The van der Waals surface area contributed by atoms with Gasteiger partial charge in [0.25, 0.3) is 5.91 Å². The van der Waals surface area contributed by atoms with Crippen LogP contribution < -0.4 is 10.6 Å². The molecule has 0 aliphatic carbocycles. The number of piperidine rings is 1. The normalized spacial score (nSPS) is 19.9. The summed E-state index contributed by atoms with van der Waals surface area (Å²) in [7, 11) is 0. The minimum absolute atomic E-state index is 0.0831. The van der Waals surface area contributed by atoms with Crippen molar-refractivity contribution in [1.29, 1.82) is 0 Å². The number of hydrogen-bond acceptors (Lipinski definition) is 6. The van der Waals surface area contributed by atoms with Gasteiger partial charge in [-0.05, 0) is 18.0 Å². The first-order chi connectivity index (χ1) is 8.06. The quantitative estimate of drug-likeness (QED) is 0.723. The topological polar surface area (TPSA) is 101 Å². The van der Waals surface area contributed by atoms with E-state index in [4.69, 9.17) is 11.6 Å². The van der Waals surface area contributed by atoms with Crippen LogP contribution >= 0.6 is 22.9 Å². The van der Waals surface area contributed by atoms with Gasteiger partial charge in [-0.1, -0.05) is 11.3 Å². The predicted molar refractivity (Wildman–Crippen MR) is 58.6 cm³/mol. The Morgan fingerprint density at radius 2 is 2.24 bits per heavy atom. The van der Waals surface area contributed by atoms with E-state index in [2.05, 4.69) is 20.8 Å². The number of nitrogens with one attached hydrogen (secondary N) is 2. The summed E-state index contributed by atoms with van der Waals surface area (Å²) in [6, 6.07) is -0.720. The van der Waals surface area contributed by atoms with Gasteiger partial charge in [-0.2, -0.15) is 0 Å². The summed E-state index contributed by atoms with van der Waals surface area (Å²) in [6.45, 7) is 0. The molecule has 2 heterocycles. The number of halogens is 1. The minimum atomic E-state index is -0.720. The Hall–Kier alpha value is -1.54. The summed E-state index contributed by atoms with van der Waals surface area (Å²) in [5.41, 5.74) is 0. The molecule has 1 aromatic heterocycles. The monoisotopic (exact) mass is 274 g/mol. The highest BCUT2D eigenvalue weighted by Crippen LogP contribution is 2.15. The van der Waals surface area contributed by atoms with Crippen molar-refractivity contribution in [3.05, 3.63) is 9.47 Å². The van der Waals surface area contributed by atoms with Crippen LogP contribution in [0.1, 0.15) is 22.6 Å². The summed E-state index contributed by atoms with van der Waals surface area (Å²) in [6.07, 6.45) is 0.483. The molecule has 2 rings (SSSR count). The Labute approximate surface area is 105 Å². The third kappa shape index (κ3) is 2.77. The fourth-order valence-electron chi connectivity index (χ4n) is 1.35. The third-order valence-electron chi connectivity index (χ3n) is 2.14. The second kappa shape index (κ2) is 4.76. The molecule has 17 heavy (non-hydrogen) atoms. The molecule has 1 aromatic rings. The lowest BCUT2D eigenvalue weighted by molar-refractivity contribution is -0.134. The second-order valence-electron chi connectivity index (χ2n) is 3.34. The van der Waals surface area contributed by atoms with Crippen LogP contribution in [0.15, 0.2) is 0 Å². The molecule has 3 amide bonds. The SMILES string of the molecule is O=C1CCC(NC(=O)c2nnc(Cl)s2)C(=O)N1. The maximum absolute atomic E-state index is 11.6. The van der Waals surface area contributed by atoms with Crippen molar-refractivity contribution < 1.29 is 14.4 Å². The van der Waals surface area contributed by atoms with Crippen LogP contribution in [0.5, 0.6) is 0 Å². The molecule has 1 saturated heterocycles. The van der Waals surface area contributed by atoms with Crippen molar-refractivity contribution in [2.45, 2.75) is 18.9 Å². The first kappa shape index (κ1) is 11.9. The van der Waals surface area contributed by atoms with E-state index in [0.717, 1.165) is 11.3 Å². The van der Waals surface area contributed by atoms with Crippen LogP contribution in [0.2, 0.25) is 4.47 Å². The van der Waals surface area contributed by atoms with Gasteiger partial charge in [0.1, 0.15) is 6.04 Å². The maximum atomic E-state index is 11.6. The standard InChI is InChI=1S/C8H7ClN4O3S/c9-8-13-12-7(17-8)6(16)10-3-1-2-4(14)11-5(3)15/h3H,1-2H2,(H,10,16)(H,11,14,15). The van der Waals surface area contributed by atoms with Gasteiger partial charge < -0.3 is 5.32 Å². The molecule has 1 aliphatic heterocycles. The fourth-order valence-corrected chi connectivity index (χ4v) is 2.08. The van der Waals surface area contributed by atoms with Crippen LogP contribution in [0.3, 0.4) is 0 Å². The second-order valence-corrected chi connectivity index (χ2v) is 4.90. The van der Waals surface area contributed by atoms with E-state index >= 15 is 0 Å². The molecule has 0 aromatic carbocycles. The molecule has 90 valence electrons. The van der Waals surface area contributed by atoms with Crippen LogP contribution in [0.4, 0.5) is 0 Å². The van der Waals surface area contributed by atoms with E-state index in [1.54, 1.807) is 0 Å². The van der Waals surface area contributed by atoms with Gasteiger partial charge in [-0.3, -0.25) is 19.7 Å². The number of hydrogen-bond donors (Lipinski definition) is 2. The molecule has 1 aliphatic rings. The Morgan fingerprint density at radius 3 is 2.82 bits per heavy atom.